The van der Waals surface area contributed by atoms with E-state index in [1.165, 1.54) is 7.11 Å². The molecular weight excluding hydrogens is 210 g/mol. The van der Waals surface area contributed by atoms with E-state index in [9.17, 15) is 4.79 Å². The van der Waals surface area contributed by atoms with Crippen LogP contribution in [0.25, 0.3) is 0 Å². The molecule has 0 saturated heterocycles. The number of hydrogen-bond acceptors (Lipinski definition) is 4. The Morgan fingerprint density at radius 3 is 3.13 bits per heavy atom. The van der Waals surface area contributed by atoms with Gasteiger partial charge in [-0.15, -0.1) is 11.8 Å². The Balaban J connectivity index is 2.44. The normalized spacial score (nSPS) is 18.9. The van der Waals surface area contributed by atoms with E-state index in [1.807, 2.05) is 12.1 Å². The summed E-state index contributed by atoms with van der Waals surface area (Å²) < 4.78 is 4.76. The lowest BCUT2D eigenvalue weighted by molar-refractivity contribution is 0.0597. The van der Waals surface area contributed by atoms with Gasteiger partial charge in [0, 0.05) is 22.4 Å². The van der Waals surface area contributed by atoms with Crippen LogP contribution in [-0.2, 0) is 4.74 Å². The van der Waals surface area contributed by atoms with E-state index < -0.39 is 0 Å². The Hall–Kier alpha value is -1.16. The second-order valence-electron chi connectivity index (χ2n) is 3.48. The number of anilines is 1. The number of hydrogen-bond donors (Lipinski definition) is 1. The summed E-state index contributed by atoms with van der Waals surface area (Å²) in [6.07, 6.45) is 0. The fourth-order valence-corrected chi connectivity index (χ4v) is 2.68. The molecule has 0 aliphatic carbocycles. The first kappa shape index (κ1) is 10.4. The van der Waals surface area contributed by atoms with Gasteiger partial charge in [-0.25, -0.2) is 4.79 Å². The molecule has 0 radical (unpaired) electrons. The fraction of sp³-hybridized carbons (Fsp3) is 0.364. The number of esters is 1. The predicted octanol–water partition coefficient (Wildman–Crippen LogP) is 2.38. The molecule has 4 heteroatoms. The zero-order valence-electron chi connectivity index (χ0n) is 8.74. The zero-order valence-corrected chi connectivity index (χ0v) is 9.56. The number of nitrogens with one attached hydrogen (secondary N) is 1. The maximum atomic E-state index is 11.5. The summed E-state index contributed by atoms with van der Waals surface area (Å²) >= 11 is 1.72. The van der Waals surface area contributed by atoms with Crippen LogP contribution in [-0.4, -0.2) is 24.9 Å². The van der Waals surface area contributed by atoms with Crippen molar-refractivity contribution >= 4 is 23.4 Å². The Kier molecular flexibility index (Phi) is 2.86. The van der Waals surface area contributed by atoms with Crippen LogP contribution in [0.5, 0.6) is 0 Å². The number of methoxy groups -OCH3 is 1. The molecule has 1 unspecified atom stereocenters. The molecule has 1 aliphatic heterocycles. The minimum atomic E-state index is -0.268. The molecule has 0 saturated carbocycles. The lowest BCUT2D eigenvalue weighted by Gasteiger charge is -2.24. The lowest BCUT2D eigenvalue weighted by Crippen LogP contribution is -2.20. The van der Waals surface area contributed by atoms with E-state index >= 15 is 0 Å². The topological polar surface area (TPSA) is 38.3 Å². The van der Waals surface area contributed by atoms with E-state index in [2.05, 4.69) is 12.2 Å². The molecule has 3 nitrogen and oxygen atoms in total. The number of carbonyl (C=O) groups is 1. The monoisotopic (exact) mass is 223 g/mol. The van der Waals surface area contributed by atoms with Gasteiger partial charge >= 0.3 is 5.97 Å². The molecule has 0 spiro atoms. The molecule has 2 rings (SSSR count). The molecule has 80 valence electrons. The number of rotatable bonds is 1. The van der Waals surface area contributed by atoms with Gasteiger partial charge < -0.3 is 10.1 Å². The summed E-state index contributed by atoms with van der Waals surface area (Å²) in [5, 5.41) is 3.78. The van der Waals surface area contributed by atoms with Gasteiger partial charge in [0.05, 0.1) is 12.7 Å². The van der Waals surface area contributed by atoms with Crippen LogP contribution in [0, 0.1) is 0 Å². The highest BCUT2D eigenvalue weighted by molar-refractivity contribution is 8.00. The molecule has 0 aromatic heterocycles. The van der Waals surface area contributed by atoms with E-state index in [0.717, 1.165) is 17.1 Å². The molecule has 1 aromatic carbocycles. The van der Waals surface area contributed by atoms with Gasteiger partial charge in [-0.1, -0.05) is 13.0 Å². The van der Waals surface area contributed by atoms with Gasteiger partial charge in [0.1, 0.15) is 0 Å². The fourth-order valence-electron chi connectivity index (χ4n) is 1.57. The number of carbonyl (C=O) groups excluding carboxylic acids is 1. The Bertz CT molecular complexity index is 392. The summed E-state index contributed by atoms with van der Waals surface area (Å²) in [5.41, 5.74) is 1.68. The minimum Gasteiger partial charge on any atom is -0.465 e. The molecule has 0 fully saturated rings. The molecule has 15 heavy (non-hydrogen) atoms. The third kappa shape index (κ3) is 1.95. The largest absolute Gasteiger partial charge is 0.465 e. The highest BCUT2D eigenvalue weighted by Gasteiger charge is 2.21. The number of ether oxygens (including phenoxy) is 1. The van der Waals surface area contributed by atoms with Crippen LogP contribution < -0.4 is 5.32 Å². The van der Waals surface area contributed by atoms with Gasteiger partial charge in [0.25, 0.3) is 0 Å². The van der Waals surface area contributed by atoms with Crippen LogP contribution in [0.15, 0.2) is 23.1 Å². The first-order chi connectivity index (χ1) is 7.22. The third-order valence-corrected chi connectivity index (χ3v) is 3.56. The van der Waals surface area contributed by atoms with Gasteiger partial charge in [-0.3, -0.25) is 0 Å². The molecule has 0 amide bonds. The van der Waals surface area contributed by atoms with Crippen molar-refractivity contribution in [2.75, 3.05) is 19.0 Å². The summed E-state index contributed by atoms with van der Waals surface area (Å²) in [4.78, 5) is 12.5. The van der Waals surface area contributed by atoms with Crippen molar-refractivity contribution in [1.29, 1.82) is 0 Å². The van der Waals surface area contributed by atoms with Crippen molar-refractivity contribution < 1.29 is 9.53 Å². The lowest BCUT2D eigenvalue weighted by atomic mass is 10.2. The van der Waals surface area contributed by atoms with E-state index in [0.29, 0.717) is 10.8 Å². The molecule has 0 bridgehead atoms. The van der Waals surface area contributed by atoms with Crippen molar-refractivity contribution in [2.24, 2.45) is 0 Å². The summed E-state index contributed by atoms with van der Waals surface area (Å²) in [5.74, 6) is -0.268. The number of benzene rings is 1. The van der Waals surface area contributed by atoms with Gasteiger partial charge in [0.15, 0.2) is 0 Å². The van der Waals surface area contributed by atoms with Gasteiger partial charge in [-0.05, 0) is 12.1 Å². The molecule has 1 atom stereocenters. The van der Waals surface area contributed by atoms with E-state index in [1.54, 1.807) is 17.8 Å². The Labute approximate surface area is 93.2 Å². The van der Waals surface area contributed by atoms with Crippen molar-refractivity contribution in [1.82, 2.24) is 0 Å². The average Bonchev–Trinajstić information content (AvgIpc) is 2.27. The highest BCUT2D eigenvalue weighted by Crippen LogP contribution is 2.37. The maximum Gasteiger partial charge on any atom is 0.339 e. The molecule has 1 aliphatic rings. The molecule has 1 N–H and O–H groups in total. The van der Waals surface area contributed by atoms with Crippen LogP contribution in [0.1, 0.15) is 17.3 Å². The first-order valence-corrected chi connectivity index (χ1v) is 5.72. The molecule has 1 aromatic rings. The van der Waals surface area contributed by atoms with Gasteiger partial charge in [0.2, 0.25) is 0 Å². The summed E-state index contributed by atoms with van der Waals surface area (Å²) in [7, 11) is 1.41. The highest BCUT2D eigenvalue weighted by atomic mass is 32.2. The van der Waals surface area contributed by atoms with Gasteiger partial charge in [-0.2, -0.15) is 0 Å². The maximum absolute atomic E-state index is 11.5. The minimum absolute atomic E-state index is 0.268. The quantitative estimate of drug-likeness (QED) is 0.742. The van der Waals surface area contributed by atoms with E-state index in [4.69, 9.17) is 4.74 Å². The summed E-state index contributed by atoms with van der Waals surface area (Å²) in [6.45, 7) is 3.07. The summed E-state index contributed by atoms with van der Waals surface area (Å²) in [6, 6.07) is 5.66. The molecule has 1 heterocycles. The SMILES string of the molecule is COC(=O)c1cccc2c1SC(C)CN2. The first-order valence-electron chi connectivity index (χ1n) is 4.84. The zero-order chi connectivity index (χ0) is 10.8. The van der Waals surface area contributed by atoms with E-state index in [-0.39, 0.29) is 5.97 Å². The standard InChI is InChI=1S/C11H13NO2S/c1-7-6-12-9-5-3-4-8(10(9)15-7)11(13)14-2/h3-5,7,12H,6H2,1-2H3. The second kappa shape index (κ2) is 4.14. The van der Waals surface area contributed by atoms with Crippen molar-refractivity contribution in [3.05, 3.63) is 23.8 Å². The number of fused-ring (bicyclic) bond motifs is 1. The smallest absolute Gasteiger partial charge is 0.339 e. The third-order valence-electron chi connectivity index (χ3n) is 2.32. The van der Waals surface area contributed by atoms with Crippen LogP contribution >= 0.6 is 11.8 Å². The Morgan fingerprint density at radius 2 is 2.40 bits per heavy atom. The number of thioether (sulfide) groups is 1. The van der Waals surface area contributed by atoms with Crippen molar-refractivity contribution in [2.45, 2.75) is 17.1 Å². The predicted molar refractivity (Wildman–Crippen MR) is 61.6 cm³/mol. The van der Waals surface area contributed by atoms with Crippen LogP contribution in [0.2, 0.25) is 0 Å². The Morgan fingerprint density at radius 1 is 1.60 bits per heavy atom. The van der Waals surface area contributed by atoms with Crippen molar-refractivity contribution in [3.8, 4) is 0 Å². The van der Waals surface area contributed by atoms with Crippen molar-refractivity contribution in [3.63, 3.8) is 0 Å². The molecular formula is C11H13NO2S. The average molecular weight is 223 g/mol. The second-order valence-corrected chi connectivity index (χ2v) is 4.93. The van der Waals surface area contributed by atoms with Crippen LogP contribution in [0.4, 0.5) is 5.69 Å². The van der Waals surface area contributed by atoms with Crippen LogP contribution in [0.3, 0.4) is 0 Å².